The van der Waals surface area contributed by atoms with Gasteiger partial charge >= 0.3 is 0 Å². The Morgan fingerprint density at radius 2 is 1.87 bits per heavy atom. The van der Waals surface area contributed by atoms with Crippen molar-refractivity contribution in [2.45, 2.75) is 29.9 Å². The number of halogens is 2. The molecule has 2 nitrogen and oxygen atoms in total. The minimum absolute atomic E-state index is 0.579. The summed E-state index contributed by atoms with van der Waals surface area (Å²) in [5.74, 6) is 0. The second kappa shape index (κ2) is 3.36. The van der Waals surface area contributed by atoms with Crippen LogP contribution in [0.15, 0.2) is 24.3 Å². The van der Waals surface area contributed by atoms with Gasteiger partial charge in [0.05, 0.1) is 5.54 Å². The van der Waals surface area contributed by atoms with Crippen LogP contribution in [0.1, 0.15) is 31.2 Å². The van der Waals surface area contributed by atoms with Gasteiger partial charge in [-0.1, -0.05) is 47.5 Å². The van der Waals surface area contributed by atoms with Crippen molar-refractivity contribution in [3.63, 3.8) is 0 Å². The van der Waals surface area contributed by atoms with E-state index in [9.17, 15) is 5.11 Å². The Balaban J connectivity index is 2.63. The molecule has 4 heteroatoms. The first kappa shape index (κ1) is 11.2. The van der Waals surface area contributed by atoms with Gasteiger partial charge in [0.1, 0.15) is 6.23 Å². The molecule has 82 valence electrons. The van der Waals surface area contributed by atoms with E-state index in [0.717, 1.165) is 11.1 Å². The summed E-state index contributed by atoms with van der Waals surface area (Å²) in [5, 5.41) is 12.9. The molecule has 2 N–H and O–H groups in total. The molecule has 1 aromatic rings. The van der Waals surface area contributed by atoms with Gasteiger partial charge in [0.25, 0.3) is 0 Å². The van der Waals surface area contributed by atoms with Gasteiger partial charge in [-0.05, 0) is 19.4 Å². The number of hydrogen-bond donors (Lipinski definition) is 2. The Labute approximate surface area is 99.2 Å². The van der Waals surface area contributed by atoms with Gasteiger partial charge in [-0.3, -0.25) is 5.32 Å². The predicted octanol–water partition coefficient (Wildman–Crippen LogP) is 2.69. The lowest BCUT2D eigenvalue weighted by Gasteiger charge is -2.45. The first-order valence-corrected chi connectivity index (χ1v) is 5.55. The van der Waals surface area contributed by atoms with E-state index in [1.54, 1.807) is 0 Å². The molecule has 15 heavy (non-hydrogen) atoms. The lowest BCUT2D eigenvalue weighted by molar-refractivity contribution is 0.0806. The maximum atomic E-state index is 9.90. The molecule has 1 aliphatic rings. The third kappa shape index (κ3) is 1.56. The zero-order valence-electron chi connectivity index (χ0n) is 8.59. The van der Waals surface area contributed by atoms with E-state index in [1.807, 2.05) is 38.1 Å². The van der Waals surface area contributed by atoms with Crippen molar-refractivity contribution in [1.82, 2.24) is 5.32 Å². The highest BCUT2D eigenvalue weighted by Gasteiger charge is 2.49. The quantitative estimate of drug-likeness (QED) is 0.690. The topological polar surface area (TPSA) is 32.3 Å². The highest BCUT2D eigenvalue weighted by molar-refractivity contribution is 6.49. The maximum Gasteiger partial charge on any atom is 0.161 e. The molecular weight excluding hydrogens is 233 g/mol. The fraction of sp³-hybridized carbons (Fsp3) is 0.455. The van der Waals surface area contributed by atoms with Crippen molar-refractivity contribution in [3.8, 4) is 0 Å². The summed E-state index contributed by atoms with van der Waals surface area (Å²) in [4.78, 5) is 0. The number of aliphatic hydroxyl groups is 1. The summed E-state index contributed by atoms with van der Waals surface area (Å²) in [5.41, 5.74) is 0.926. The highest BCUT2D eigenvalue weighted by atomic mass is 35.5. The Morgan fingerprint density at radius 3 is 2.53 bits per heavy atom. The Kier molecular flexibility index (Phi) is 2.51. The molecule has 0 aliphatic carbocycles. The Morgan fingerprint density at radius 1 is 1.27 bits per heavy atom. The number of rotatable bonds is 0. The molecule has 0 amide bonds. The van der Waals surface area contributed by atoms with E-state index < -0.39 is 16.1 Å². The number of aliphatic hydroxyl groups excluding tert-OH is 1. The van der Waals surface area contributed by atoms with Crippen LogP contribution in [-0.2, 0) is 4.33 Å². The first-order valence-electron chi connectivity index (χ1n) is 4.79. The Hall–Kier alpha value is -0.280. The molecule has 0 spiro atoms. The highest BCUT2D eigenvalue weighted by Crippen LogP contribution is 2.49. The molecule has 0 fully saturated rings. The van der Waals surface area contributed by atoms with Crippen LogP contribution in [0.2, 0.25) is 0 Å². The van der Waals surface area contributed by atoms with E-state index >= 15 is 0 Å². The van der Waals surface area contributed by atoms with Gasteiger partial charge in [0, 0.05) is 5.56 Å². The molecule has 1 heterocycles. The second-order valence-electron chi connectivity index (χ2n) is 4.33. The molecule has 0 saturated carbocycles. The SMILES string of the molecule is CC1(C)NC(O)c2ccccc2C1(Cl)Cl. The van der Waals surface area contributed by atoms with E-state index in [-0.39, 0.29) is 0 Å². The number of hydrogen-bond acceptors (Lipinski definition) is 2. The molecule has 1 unspecified atom stereocenters. The van der Waals surface area contributed by atoms with E-state index in [0.29, 0.717) is 0 Å². The fourth-order valence-electron chi connectivity index (χ4n) is 1.87. The van der Waals surface area contributed by atoms with Crippen LogP contribution in [0.4, 0.5) is 0 Å². The van der Waals surface area contributed by atoms with Crippen LogP contribution < -0.4 is 5.32 Å². The standard InChI is InChI=1S/C11H13Cl2NO/c1-10(2)11(12,13)8-6-4-3-5-7(8)9(15)14-10/h3-6,9,14-15H,1-2H3. The van der Waals surface area contributed by atoms with Gasteiger partial charge in [-0.2, -0.15) is 0 Å². The van der Waals surface area contributed by atoms with Crippen molar-refractivity contribution < 1.29 is 5.11 Å². The summed E-state index contributed by atoms with van der Waals surface area (Å²) in [7, 11) is 0. The third-order valence-electron chi connectivity index (χ3n) is 2.88. The molecule has 0 aromatic heterocycles. The summed E-state index contributed by atoms with van der Waals surface area (Å²) < 4.78 is -1.04. The zero-order valence-corrected chi connectivity index (χ0v) is 10.1. The summed E-state index contributed by atoms with van der Waals surface area (Å²) in [6.45, 7) is 3.73. The predicted molar refractivity (Wildman–Crippen MR) is 62.0 cm³/mol. The average Bonchev–Trinajstić information content (AvgIpc) is 2.15. The van der Waals surface area contributed by atoms with Crippen LogP contribution in [-0.4, -0.2) is 10.6 Å². The smallest absolute Gasteiger partial charge is 0.161 e. The van der Waals surface area contributed by atoms with Crippen molar-refractivity contribution in [2.75, 3.05) is 0 Å². The van der Waals surface area contributed by atoms with E-state index in [1.165, 1.54) is 0 Å². The van der Waals surface area contributed by atoms with Crippen LogP contribution in [0.3, 0.4) is 0 Å². The fourth-order valence-corrected chi connectivity index (χ4v) is 2.32. The number of fused-ring (bicyclic) bond motifs is 1. The number of alkyl halides is 2. The van der Waals surface area contributed by atoms with Crippen molar-refractivity contribution in [1.29, 1.82) is 0 Å². The normalized spacial score (nSPS) is 27.1. The molecule has 0 radical (unpaired) electrons. The lowest BCUT2D eigenvalue weighted by atomic mass is 9.85. The van der Waals surface area contributed by atoms with Gasteiger partial charge < -0.3 is 5.11 Å². The summed E-state index contributed by atoms with van der Waals surface area (Å²) in [6, 6.07) is 7.39. The van der Waals surface area contributed by atoms with Crippen LogP contribution >= 0.6 is 23.2 Å². The molecule has 0 saturated heterocycles. The van der Waals surface area contributed by atoms with Gasteiger partial charge in [-0.15, -0.1) is 0 Å². The first-order chi connectivity index (χ1) is 6.86. The monoisotopic (exact) mass is 245 g/mol. The maximum absolute atomic E-state index is 9.90. The molecule has 2 rings (SSSR count). The number of benzene rings is 1. The van der Waals surface area contributed by atoms with Crippen LogP contribution in [0.25, 0.3) is 0 Å². The van der Waals surface area contributed by atoms with Gasteiger partial charge in [-0.25, -0.2) is 0 Å². The molecule has 1 atom stereocenters. The zero-order chi connectivity index (χ0) is 11.3. The van der Waals surface area contributed by atoms with Gasteiger partial charge in [0.15, 0.2) is 4.33 Å². The van der Waals surface area contributed by atoms with Crippen molar-refractivity contribution in [2.24, 2.45) is 0 Å². The second-order valence-corrected chi connectivity index (χ2v) is 5.66. The van der Waals surface area contributed by atoms with Crippen LogP contribution in [0.5, 0.6) is 0 Å². The van der Waals surface area contributed by atoms with E-state index in [2.05, 4.69) is 5.32 Å². The molecular formula is C11H13Cl2NO. The lowest BCUT2D eigenvalue weighted by Crippen LogP contribution is -2.56. The summed E-state index contributed by atoms with van der Waals surface area (Å²) >= 11 is 12.7. The Bertz CT molecular complexity index is 390. The summed E-state index contributed by atoms with van der Waals surface area (Å²) in [6.07, 6.45) is -0.721. The minimum Gasteiger partial charge on any atom is -0.374 e. The molecule has 0 bridgehead atoms. The van der Waals surface area contributed by atoms with Crippen LogP contribution in [0, 0.1) is 0 Å². The minimum atomic E-state index is -1.04. The van der Waals surface area contributed by atoms with Gasteiger partial charge in [0.2, 0.25) is 0 Å². The van der Waals surface area contributed by atoms with Crippen molar-refractivity contribution in [3.05, 3.63) is 35.4 Å². The average molecular weight is 246 g/mol. The molecule has 1 aromatic carbocycles. The van der Waals surface area contributed by atoms with Crippen molar-refractivity contribution >= 4 is 23.2 Å². The molecule has 1 aliphatic heterocycles. The third-order valence-corrected chi connectivity index (χ3v) is 4.23. The number of nitrogens with one attached hydrogen (secondary N) is 1. The van der Waals surface area contributed by atoms with E-state index in [4.69, 9.17) is 23.2 Å². The largest absolute Gasteiger partial charge is 0.374 e.